The number of aryl methyl sites for hydroxylation is 1. The lowest BCUT2D eigenvalue weighted by atomic mass is 9.94. The molecular weight excluding hydrogens is 326 g/mol. The van der Waals surface area contributed by atoms with Crippen LogP contribution in [0.4, 0.5) is 0 Å². The molecule has 1 atom stereocenters. The van der Waals surface area contributed by atoms with Gasteiger partial charge in [-0.05, 0) is 24.5 Å². The molecule has 2 rings (SSSR count). The molecule has 0 aromatic heterocycles. The van der Waals surface area contributed by atoms with Crippen molar-refractivity contribution in [1.82, 2.24) is 5.32 Å². The Kier molecular flexibility index (Phi) is 5.57. The van der Waals surface area contributed by atoms with Crippen LogP contribution in [-0.4, -0.2) is 11.2 Å². The third kappa shape index (κ3) is 4.43. The molecule has 1 amide bonds. The van der Waals surface area contributed by atoms with Crippen molar-refractivity contribution in [3.63, 3.8) is 0 Å². The molecule has 0 fully saturated rings. The molecule has 1 unspecified atom stereocenters. The minimum absolute atomic E-state index is 0.0738. The summed E-state index contributed by atoms with van der Waals surface area (Å²) in [5.74, 6) is 0.0738. The third-order valence-corrected chi connectivity index (χ3v) is 4.70. The van der Waals surface area contributed by atoms with Crippen LogP contribution in [0.15, 0.2) is 60.7 Å². The molecule has 2 nitrogen and oxygen atoms in total. The van der Waals surface area contributed by atoms with Crippen molar-refractivity contribution in [2.24, 2.45) is 0 Å². The number of alkyl halides is 1. The van der Waals surface area contributed by atoms with Gasteiger partial charge in [0, 0.05) is 11.8 Å². The van der Waals surface area contributed by atoms with Gasteiger partial charge >= 0.3 is 0 Å². The van der Waals surface area contributed by atoms with E-state index in [0.29, 0.717) is 11.8 Å². The first-order valence-corrected chi connectivity index (χ1v) is 8.22. The Hall–Kier alpha value is -1.61. The second-order valence-corrected chi connectivity index (χ2v) is 5.93. The first-order valence-electron chi connectivity index (χ1n) is 7.10. The van der Waals surface area contributed by atoms with Crippen LogP contribution < -0.4 is 5.32 Å². The lowest BCUT2D eigenvalue weighted by Crippen LogP contribution is -2.45. The van der Waals surface area contributed by atoms with Crippen LogP contribution >= 0.6 is 15.9 Å². The lowest BCUT2D eigenvalue weighted by Gasteiger charge is -2.29. The molecule has 0 radical (unpaired) electrons. The van der Waals surface area contributed by atoms with E-state index in [2.05, 4.69) is 21.2 Å². The zero-order valence-corrected chi connectivity index (χ0v) is 13.8. The van der Waals surface area contributed by atoms with Gasteiger partial charge in [-0.15, -0.1) is 0 Å². The quantitative estimate of drug-likeness (QED) is 0.786. The van der Waals surface area contributed by atoms with E-state index < -0.39 is 0 Å². The SMILES string of the molecule is CC(CBr)(NC(=O)CCc1ccccc1)c1ccccc1. The van der Waals surface area contributed by atoms with Crippen molar-refractivity contribution in [2.45, 2.75) is 25.3 Å². The topological polar surface area (TPSA) is 29.1 Å². The van der Waals surface area contributed by atoms with Gasteiger partial charge in [0.1, 0.15) is 0 Å². The zero-order chi connectivity index (χ0) is 15.1. The van der Waals surface area contributed by atoms with Gasteiger partial charge in [0.2, 0.25) is 5.91 Å². The van der Waals surface area contributed by atoms with E-state index in [9.17, 15) is 4.79 Å². The van der Waals surface area contributed by atoms with Crippen LogP contribution in [0.25, 0.3) is 0 Å². The lowest BCUT2D eigenvalue weighted by molar-refractivity contribution is -0.122. The van der Waals surface area contributed by atoms with Gasteiger partial charge in [0.15, 0.2) is 0 Å². The summed E-state index contributed by atoms with van der Waals surface area (Å²) in [6, 6.07) is 20.1. The zero-order valence-electron chi connectivity index (χ0n) is 12.2. The van der Waals surface area contributed by atoms with Crippen molar-refractivity contribution in [3.05, 3.63) is 71.8 Å². The number of rotatable bonds is 6. The molecule has 1 N–H and O–H groups in total. The number of halogens is 1. The molecule has 0 spiro atoms. The summed E-state index contributed by atoms with van der Waals surface area (Å²) in [7, 11) is 0. The number of carbonyl (C=O) groups is 1. The molecular formula is C18H20BrNO. The summed E-state index contributed by atoms with van der Waals surface area (Å²) in [6.07, 6.45) is 1.26. The second-order valence-electron chi connectivity index (χ2n) is 5.37. The van der Waals surface area contributed by atoms with Crippen LogP contribution in [0.1, 0.15) is 24.5 Å². The molecule has 0 heterocycles. The fourth-order valence-electron chi connectivity index (χ4n) is 2.26. The molecule has 0 aliphatic heterocycles. The molecule has 21 heavy (non-hydrogen) atoms. The first kappa shape index (κ1) is 15.8. The molecule has 2 aromatic carbocycles. The number of carbonyl (C=O) groups excluding carboxylic acids is 1. The maximum atomic E-state index is 12.2. The Balaban J connectivity index is 1.97. The van der Waals surface area contributed by atoms with Gasteiger partial charge in [-0.3, -0.25) is 4.79 Å². The van der Waals surface area contributed by atoms with E-state index in [0.717, 1.165) is 12.0 Å². The van der Waals surface area contributed by atoms with Crippen molar-refractivity contribution in [1.29, 1.82) is 0 Å². The van der Waals surface area contributed by atoms with Gasteiger partial charge in [0.05, 0.1) is 5.54 Å². The van der Waals surface area contributed by atoms with Crippen LogP contribution in [0.5, 0.6) is 0 Å². The fraction of sp³-hybridized carbons (Fsp3) is 0.278. The molecule has 0 aliphatic rings. The van der Waals surface area contributed by atoms with Gasteiger partial charge in [0.25, 0.3) is 0 Å². The normalized spacial score (nSPS) is 13.4. The van der Waals surface area contributed by atoms with Crippen LogP contribution in [-0.2, 0) is 16.8 Å². The van der Waals surface area contributed by atoms with E-state index in [1.54, 1.807) is 0 Å². The van der Waals surface area contributed by atoms with Gasteiger partial charge in [-0.1, -0.05) is 76.6 Å². The highest BCUT2D eigenvalue weighted by Gasteiger charge is 2.26. The van der Waals surface area contributed by atoms with Crippen LogP contribution in [0, 0.1) is 0 Å². The van der Waals surface area contributed by atoms with Gasteiger partial charge in [-0.25, -0.2) is 0 Å². The second kappa shape index (κ2) is 7.41. The van der Waals surface area contributed by atoms with Gasteiger partial charge in [-0.2, -0.15) is 0 Å². The number of hydrogen-bond acceptors (Lipinski definition) is 1. The van der Waals surface area contributed by atoms with E-state index in [1.807, 2.05) is 67.6 Å². The average molecular weight is 346 g/mol. The number of benzene rings is 2. The summed E-state index contributed by atoms with van der Waals surface area (Å²) < 4.78 is 0. The van der Waals surface area contributed by atoms with Crippen molar-refractivity contribution in [3.8, 4) is 0 Å². The Morgan fingerprint density at radius 2 is 1.62 bits per heavy atom. The Morgan fingerprint density at radius 1 is 1.05 bits per heavy atom. The molecule has 2 aromatic rings. The van der Waals surface area contributed by atoms with Crippen LogP contribution in [0.3, 0.4) is 0 Å². The summed E-state index contributed by atoms with van der Waals surface area (Å²) in [6.45, 7) is 2.04. The first-order chi connectivity index (χ1) is 10.1. The highest BCUT2D eigenvalue weighted by Crippen LogP contribution is 2.23. The standard InChI is InChI=1S/C18H20BrNO/c1-18(14-19,16-10-6-3-7-11-16)20-17(21)13-12-15-8-4-2-5-9-15/h2-11H,12-14H2,1H3,(H,20,21). The van der Waals surface area contributed by atoms with E-state index in [1.165, 1.54) is 5.56 Å². The number of hydrogen-bond donors (Lipinski definition) is 1. The minimum atomic E-state index is -0.380. The van der Waals surface area contributed by atoms with Crippen molar-refractivity contribution >= 4 is 21.8 Å². The molecule has 0 aliphatic carbocycles. The van der Waals surface area contributed by atoms with Crippen LogP contribution in [0.2, 0.25) is 0 Å². The maximum Gasteiger partial charge on any atom is 0.221 e. The minimum Gasteiger partial charge on any atom is -0.346 e. The molecule has 0 bridgehead atoms. The molecule has 0 saturated carbocycles. The number of nitrogens with one attached hydrogen (secondary N) is 1. The monoisotopic (exact) mass is 345 g/mol. The molecule has 3 heteroatoms. The summed E-state index contributed by atoms with van der Waals surface area (Å²) >= 11 is 3.52. The van der Waals surface area contributed by atoms with Crippen molar-refractivity contribution in [2.75, 3.05) is 5.33 Å². The van der Waals surface area contributed by atoms with E-state index >= 15 is 0 Å². The highest BCUT2D eigenvalue weighted by atomic mass is 79.9. The van der Waals surface area contributed by atoms with E-state index in [4.69, 9.17) is 0 Å². The van der Waals surface area contributed by atoms with Gasteiger partial charge < -0.3 is 5.32 Å². The fourth-order valence-corrected chi connectivity index (χ4v) is 2.73. The predicted molar refractivity (Wildman–Crippen MR) is 90.5 cm³/mol. The Bertz CT molecular complexity index is 570. The third-order valence-electron chi connectivity index (χ3n) is 3.58. The molecule has 0 saturated heterocycles. The largest absolute Gasteiger partial charge is 0.346 e. The predicted octanol–water partition coefficient (Wildman–Crippen LogP) is 4.05. The summed E-state index contributed by atoms with van der Waals surface area (Å²) in [5, 5.41) is 3.83. The Labute approximate surface area is 134 Å². The highest BCUT2D eigenvalue weighted by molar-refractivity contribution is 9.09. The van der Waals surface area contributed by atoms with Crippen molar-refractivity contribution < 1.29 is 4.79 Å². The summed E-state index contributed by atoms with van der Waals surface area (Å²) in [4.78, 5) is 12.2. The number of amides is 1. The molecule has 110 valence electrons. The maximum absolute atomic E-state index is 12.2. The Morgan fingerprint density at radius 3 is 2.19 bits per heavy atom. The summed E-state index contributed by atoms with van der Waals surface area (Å²) in [5.41, 5.74) is 1.91. The average Bonchev–Trinajstić information content (AvgIpc) is 2.54. The van der Waals surface area contributed by atoms with E-state index in [-0.39, 0.29) is 11.4 Å². The smallest absolute Gasteiger partial charge is 0.221 e.